The molecule has 0 unspecified atom stereocenters. The van der Waals surface area contributed by atoms with Crippen LogP contribution in [0.15, 0.2) is 30.7 Å². The summed E-state index contributed by atoms with van der Waals surface area (Å²) < 4.78 is 6.44. The molecule has 7 nitrogen and oxygen atoms in total. The Labute approximate surface area is 128 Å². The van der Waals surface area contributed by atoms with Gasteiger partial charge < -0.3 is 4.74 Å². The molecule has 1 aliphatic rings. The number of nitrogens with zero attached hydrogens (tertiary/aromatic N) is 5. The van der Waals surface area contributed by atoms with Gasteiger partial charge in [0.2, 0.25) is 0 Å². The Bertz CT molecular complexity index is 620. The van der Waals surface area contributed by atoms with Crippen LogP contribution in [0, 0.1) is 0 Å². The van der Waals surface area contributed by atoms with E-state index < -0.39 is 5.97 Å². The maximum absolute atomic E-state index is 11.4. The predicted octanol–water partition coefficient (Wildman–Crippen LogP) is 1.30. The number of carbonyl (C=O) groups excluding carboxylic acids is 1. The van der Waals surface area contributed by atoms with Gasteiger partial charge in [-0.1, -0.05) is 5.21 Å². The molecule has 3 rings (SSSR count). The van der Waals surface area contributed by atoms with Crippen molar-refractivity contribution in [3.05, 3.63) is 42.0 Å². The van der Waals surface area contributed by atoms with Crippen LogP contribution >= 0.6 is 0 Å². The van der Waals surface area contributed by atoms with Gasteiger partial charge in [-0.25, -0.2) is 9.48 Å². The molecule has 0 spiro atoms. The first-order valence-corrected chi connectivity index (χ1v) is 7.37. The zero-order valence-corrected chi connectivity index (χ0v) is 12.6. The number of rotatable bonds is 4. The standard InChI is InChI=1S/C15H19N5O2/c1-22-15(21)14-11-20(18-17-14)13-4-8-19(9-5-13)10-12-2-6-16-7-3-12/h2-3,6-7,11,13H,4-5,8-10H2,1H3. The van der Waals surface area contributed by atoms with Crippen LogP contribution in [0.3, 0.4) is 0 Å². The number of carbonyl (C=O) groups is 1. The summed E-state index contributed by atoms with van der Waals surface area (Å²) in [5.74, 6) is -0.443. The van der Waals surface area contributed by atoms with Crippen molar-refractivity contribution in [3.63, 3.8) is 0 Å². The molecule has 0 saturated carbocycles. The van der Waals surface area contributed by atoms with Crippen LogP contribution in [0.4, 0.5) is 0 Å². The topological polar surface area (TPSA) is 73.1 Å². The van der Waals surface area contributed by atoms with E-state index >= 15 is 0 Å². The van der Waals surface area contributed by atoms with Gasteiger partial charge in [0.15, 0.2) is 5.69 Å². The molecule has 3 heterocycles. The zero-order valence-electron chi connectivity index (χ0n) is 12.6. The Hall–Kier alpha value is -2.28. The number of ether oxygens (including phenoxy) is 1. The third-order valence-corrected chi connectivity index (χ3v) is 3.99. The number of aromatic nitrogens is 4. The molecule has 0 radical (unpaired) electrons. The Balaban J connectivity index is 1.55. The smallest absolute Gasteiger partial charge is 0.360 e. The summed E-state index contributed by atoms with van der Waals surface area (Å²) in [5.41, 5.74) is 1.55. The number of esters is 1. The van der Waals surface area contributed by atoms with E-state index in [1.54, 1.807) is 10.9 Å². The number of hydrogen-bond acceptors (Lipinski definition) is 6. The molecule has 1 aliphatic heterocycles. The minimum Gasteiger partial charge on any atom is -0.464 e. The SMILES string of the molecule is COC(=O)c1cn(C2CCN(Cc3ccncc3)CC2)nn1. The molecule has 2 aromatic heterocycles. The molecule has 7 heteroatoms. The molecule has 0 N–H and O–H groups in total. The minimum atomic E-state index is -0.443. The van der Waals surface area contributed by atoms with Gasteiger partial charge in [-0.3, -0.25) is 9.88 Å². The van der Waals surface area contributed by atoms with Crippen LogP contribution in [0.1, 0.15) is 34.9 Å². The van der Waals surface area contributed by atoms with Crippen molar-refractivity contribution in [1.82, 2.24) is 24.9 Å². The zero-order chi connectivity index (χ0) is 15.4. The fourth-order valence-electron chi connectivity index (χ4n) is 2.74. The summed E-state index contributed by atoms with van der Waals surface area (Å²) in [7, 11) is 1.35. The van der Waals surface area contributed by atoms with Crippen molar-refractivity contribution in [2.24, 2.45) is 0 Å². The minimum absolute atomic E-state index is 0.265. The molecule has 0 aromatic carbocycles. The molecule has 22 heavy (non-hydrogen) atoms. The third kappa shape index (κ3) is 3.30. The van der Waals surface area contributed by atoms with E-state index in [-0.39, 0.29) is 5.69 Å². The summed E-state index contributed by atoms with van der Waals surface area (Å²) in [5, 5.41) is 7.92. The third-order valence-electron chi connectivity index (χ3n) is 3.99. The Kier molecular flexibility index (Phi) is 4.43. The fourth-order valence-corrected chi connectivity index (χ4v) is 2.74. The Morgan fingerprint density at radius 1 is 1.32 bits per heavy atom. The summed E-state index contributed by atoms with van der Waals surface area (Å²) in [4.78, 5) is 17.9. The quantitative estimate of drug-likeness (QED) is 0.793. The van der Waals surface area contributed by atoms with Crippen LogP contribution in [0.2, 0.25) is 0 Å². The maximum atomic E-state index is 11.4. The van der Waals surface area contributed by atoms with E-state index in [1.165, 1.54) is 12.7 Å². The van der Waals surface area contributed by atoms with Crippen molar-refractivity contribution < 1.29 is 9.53 Å². The van der Waals surface area contributed by atoms with Crippen molar-refractivity contribution in [3.8, 4) is 0 Å². The first kappa shape index (κ1) is 14.6. The van der Waals surface area contributed by atoms with Gasteiger partial charge >= 0.3 is 5.97 Å². The van der Waals surface area contributed by atoms with Crippen molar-refractivity contribution >= 4 is 5.97 Å². The van der Waals surface area contributed by atoms with Crippen LogP contribution in [-0.4, -0.2) is 51.0 Å². The predicted molar refractivity (Wildman–Crippen MR) is 79.1 cm³/mol. The highest BCUT2D eigenvalue weighted by Crippen LogP contribution is 2.22. The van der Waals surface area contributed by atoms with E-state index in [0.717, 1.165) is 32.5 Å². The van der Waals surface area contributed by atoms with Crippen molar-refractivity contribution in [1.29, 1.82) is 0 Å². The molecule has 2 aromatic rings. The second kappa shape index (κ2) is 6.65. The highest BCUT2D eigenvalue weighted by Gasteiger charge is 2.22. The maximum Gasteiger partial charge on any atom is 0.360 e. The molecule has 0 bridgehead atoms. The van der Waals surface area contributed by atoms with Gasteiger partial charge in [0.25, 0.3) is 0 Å². The van der Waals surface area contributed by atoms with Gasteiger partial charge in [0, 0.05) is 32.0 Å². The summed E-state index contributed by atoms with van der Waals surface area (Å²) in [6.07, 6.45) is 7.32. The van der Waals surface area contributed by atoms with Gasteiger partial charge in [-0.15, -0.1) is 5.10 Å². The summed E-state index contributed by atoms with van der Waals surface area (Å²) >= 11 is 0. The highest BCUT2D eigenvalue weighted by molar-refractivity contribution is 5.86. The number of hydrogen-bond donors (Lipinski definition) is 0. The molecule has 1 saturated heterocycles. The Morgan fingerprint density at radius 3 is 2.73 bits per heavy atom. The number of piperidine rings is 1. The second-order valence-corrected chi connectivity index (χ2v) is 5.44. The van der Waals surface area contributed by atoms with Gasteiger partial charge in [-0.05, 0) is 30.5 Å². The average Bonchev–Trinajstić information content (AvgIpc) is 3.06. The lowest BCUT2D eigenvalue weighted by Crippen LogP contribution is -2.34. The lowest BCUT2D eigenvalue weighted by atomic mass is 10.0. The highest BCUT2D eigenvalue weighted by atomic mass is 16.5. The number of likely N-dealkylation sites (tertiary alicyclic amines) is 1. The van der Waals surface area contributed by atoms with Crippen LogP contribution < -0.4 is 0 Å². The summed E-state index contributed by atoms with van der Waals surface area (Å²) in [6, 6.07) is 4.39. The fraction of sp³-hybridized carbons (Fsp3) is 0.467. The lowest BCUT2D eigenvalue weighted by Gasteiger charge is -2.31. The molecular formula is C15H19N5O2. The van der Waals surface area contributed by atoms with E-state index in [9.17, 15) is 4.79 Å². The van der Waals surface area contributed by atoms with Crippen LogP contribution in [0.25, 0.3) is 0 Å². The molecule has 1 fully saturated rings. The van der Waals surface area contributed by atoms with E-state index in [2.05, 4.69) is 24.9 Å². The van der Waals surface area contributed by atoms with E-state index in [4.69, 9.17) is 0 Å². The molecule has 0 atom stereocenters. The molecule has 0 aliphatic carbocycles. The monoisotopic (exact) mass is 301 g/mol. The van der Waals surface area contributed by atoms with Gasteiger partial charge in [-0.2, -0.15) is 0 Å². The number of pyridine rings is 1. The summed E-state index contributed by atoms with van der Waals surface area (Å²) in [6.45, 7) is 2.95. The average molecular weight is 301 g/mol. The first-order valence-electron chi connectivity index (χ1n) is 7.37. The second-order valence-electron chi connectivity index (χ2n) is 5.44. The van der Waals surface area contributed by atoms with Gasteiger partial charge in [0.05, 0.1) is 19.3 Å². The lowest BCUT2D eigenvalue weighted by molar-refractivity contribution is 0.0594. The van der Waals surface area contributed by atoms with E-state index in [0.29, 0.717) is 6.04 Å². The van der Waals surface area contributed by atoms with E-state index in [1.807, 2.05) is 24.5 Å². The first-order chi connectivity index (χ1) is 10.8. The Morgan fingerprint density at radius 2 is 2.05 bits per heavy atom. The molecule has 116 valence electrons. The van der Waals surface area contributed by atoms with Crippen molar-refractivity contribution in [2.75, 3.05) is 20.2 Å². The van der Waals surface area contributed by atoms with Gasteiger partial charge in [0.1, 0.15) is 0 Å². The van der Waals surface area contributed by atoms with Crippen LogP contribution in [0.5, 0.6) is 0 Å². The van der Waals surface area contributed by atoms with Crippen LogP contribution in [-0.2, 0) is 11.3 Å². The molecule has 0 amide bonds. The number of methoxy groups -OCH3 is 1. The largest absolute Gasteiger partial charge is 0.464 e. The molecular weight excluding hydrogens is 282 g/mol. The normalized spacial score (nSPS) is 16.6. The van der Waals surface area contributed by atoms with Crippen molar-refractivity contribution in [2.45, 2.75) is 25.4 Å².